The van der Waals surface area contributed by atoms with Gasteiger partial charge in [0, 0.05) is 31.3 Å². The van der Waals surface area contributed by atoms with Gasteiger partial charge in [-0.15, -0.1) is 12.4 Å². The number of carbonyl (C=O) groups is 2. The Balaban J connectivity index is 0.00000456. The van der Waals surface area contributed by atoms with Crippen LogP contribution in [0.5, 0.6) is 0 Å². The van der Waals surface area contributed by atoms with Crippen molar-refractivity contribution in [1.29, 1.82) is 5.41 Å². The number of halogens is 1. The van der Waals surface area contributed by atoms with Gasteiger partial charge in [0.15, 0.2) is 16.5 Å². The van der Waals surface area contributed by atoms with Crippen LogP contribution in [-0.2, 0) is 33.5 Å². The Bertz CT molecular complexity index is 1220. The first-order valence-electron chi connectivity index (χ1n) is 11.5. The van der Waals surface area contributed by atoms with E-state index in [9.17, 15) is 14.1 Å². The molecule has 3 aromatic rings. The number of nitrogens with one attached hydrogen (secondary N) is 1. The number of aromatic nitrogens is 2. The van der Waals surface area contributed by atoms with E-state index >= 15 is 0 Å². The number of benzene rings is 2. The van der Waals surface area contributed by atoms with E-state index in [1.54, 1.807) is 48.2 Å². The van der Waals surface area contributed by atoms with Crippen LogP contribution in [-0.4, -0.2) is 56.4 Å². The lowest BCUT2D eigenvalue weighted by Gasteiger charge is -2.21. The Morgan fingerprint density at radius 2 is 1.81 bits per heavy atom. The summed E-state index contributed by atoms with van der Waals surface area (Å²) in [6.07, 6.45) is 0.915. The number of nitrogen functional groups attached to an aromatic ring is 1. The number of hydrogen-bond acceptors (Lipinski definition) is 6. The zero-order valence-corrected chi connectivity index (χ0v) is 22.3. The molecule has 36 heavy (non-hydrogen) atoms. The van der Waals surface area contributed by atoms with Crippen molar-refractivity contribution >= 4 is 52.3 Å². The molecule has 0 spiro atoms. The molecule has 194 valence electrons. The fourth-order valence-corrected chi connectivity index (χ4v) is 4.82. The molecule has 0 radical (unpaired) electrons. The second kappa shape index (κ2) is 13.3. The topological polar surface area (TPSA) is 137 Å². The van der Waals surface area contributed by atoms with E-state index in [1.165, 1.54) is 0 Å². The van der Waals surface area contributed by atoms with Crippen molar-refractivity contribution in [3.05, 3.63) is 59.4 Å². The molecule has 1 unspecified atom stereocenters. The summed E-state index contributed by atoms with van der Waals surface area (Å²) >= 11 is -1.34. The molecule has 2 aromatic carbocycles. The standard InChI is InChI=1S/C25H31N5O4S.ClH/c1-4-13-30(14-12-23(31)34-5-2)25(32)18-8-11-21-20(15-18)28-22(29(21)3)16-35(33)19-9-6-17(7-10-19)24(26)27;/h6-11,15H,4-5,12-14,16H2,1-3H3,(H3,26,27);1H. The highest BCUT2D eigenvalue weighted by Crippen LogP contribution is 2.22. The molecule has 0 fully saturated rings. The van der Waals surface area contributed by atoms with Crippen molar-refractivity contribution in [2.45, 2.75) is 37.3 Å². The number of rotatable bonds is 11. The minimum atomic E-state index is -1.34. The number of hydrogen-bond donors (Lipinski definition) is 2. The third-order valence-electron chi connectivity index (χ3n) is 5.58. The van der Waals surface area contributed by atoms with Crippen LogP contribution in [0.3, 0.4) is 0 Å². The van der Waals surface area contributed by atoms with Crippen LogP contribution in [0.2, 0.25) is 0 Å². The Morgan fingerprint density at radius 1 is 1.14 bits per heavy atom. The fourth-order valence-electron chi connectivity index (χ4n) is 3.73. The minimum absolute atomic E-state index is 0. The van der Waals surface area contributed by atoms with Crippen LogP contribution >= 0.6 is 12.4 Å². The van der Waals surface area contributed by atoms with Gasteiger partial charge in [0.25, 0.3) is 5.91 Å². The predicted octanol–water partition coefficient (Wildman–Crippen LogP) is 3.39. The number of aryl methyl sites for hydroxylation is 1. The summed E-state index contributed by atoms with van der Waals surface area (Å²) in [5.74, 6) is 0.303. The van der Waals surface area contributed by atoms with Crippen LogP contribution in [0.1, 0.15) is 48.4 Å². The third kappa shape index (κ3) is 6.99. The summed E-state index contributed by atoms with van der Waals surface area (Å²) in [5, 5.41) is 7.48. The largest absolute Gasteiger partial charge is 0.611 e. The average Bonchev–Trinajstić information content (AvgIpc) is 3.15. The van der Waals surface area contributed by atoms with Gasteiger partial charge in [-0.25, -0.2) is 4.98 Å². The molecule has 3 rings (SSSR count). The summed E-state index contributed by atoms with van der Waals surface area (Å²) in [7, 11) is 1.85. The van der Waals surface area contributed by atoms with Gasteiger partial charge in [-0.3, -0.25) is 15.0 Å². The Kier molecular flexibility index (Phi) is 10.8. The third-order valence-corrected chi connectivity index (χ3v) is 6.90. The first kappa shape index (κ1) is 29.2. The van der Waals surface area contributed by atoms with Crippen molar-refractivity contribution in [3.8, 4) is 0 Å². The number of amides is 1. The summed E-state index contributed by atoms with van der Waals surface area (Å²) in [6, 6.07) is 12.1. The molecule has 1 amide bonds. The highest BCUT2D eigenvalue weighted by atomic mass is 35.5. The maximum absolute atomic E-state index is 13.1. The van der Waals surface area contributed by atoms with Gasteiger partial charge in [0.2, 0.25) is 0 Å². The number of fused-ring (bicyclic) bond motifs is 1. The Hall–Kier alpha value is -3.08. The normalized spacial score (nSPS) is 11.6. The highest BCUT2D eigenvalue weighted by molar-refractivity contribution is 7.90. The van der Waals surface area contributed by atoms with Crippen molar-refractivity contribution in [1.82, 2.24) is 14.5 Å². The summed E-state index contributed by atoms with van der Waals surface area (Å²) in [4.78, 5) is 31.8. The van der Waals surface area contributed by atoms with Gasteiger partial charge in [0.1, 0.15) is 5.84 Å². The molecule has 0 aliphatic heterocycles. The fraction of sp³-hybridized carbons (Fsp3) is 0.360. The first-order chi connectivity index (χ1) is 16.7. The second-order valence-electron chi connectivity index (χ2n) is 8.07. The molecule has 0 aliphatic rings. The molecule has 0 saturated carbocycles. The second-order valence-corrected chi connectivity index (χ2v) is 9.52. The molecule has 1 heterocycles. The molecular formula is C25H32ClN5O4S. The van der Waals surface area contributed by atoms with Crippen molar-refractivity contribution in [3.63, 3.8) is 0 Å². The van der Waals surface area contributed by atoms with Crippen molar-refractivity contribution in [2.75, 3.05) is 19.7 Å². The highest BCUT2D eigenvalue weighted by Gasteiger charge is 2.21. The van der Waals surface area contributed by atoms with Gasteiger partial charge < -0.3 is 24.5 Å². The van der Waals surface area contributed by atoms with Crippen LogP contribution in [0.15, 0.2) is 47.4 Å². The van der Waals surface area contributed by atoms with Crippen molar-refractivity contribution in [2.24, 2.45) is 12.8 Å². The Morgan fingerprint density at radius 3 is 2.42 bits per heavy atom. The lowest BCUT2D eigenvalue weighted by molar-refractivity contribution is -0.143. The summed E-state index contributed by atoms with van der Waals surface area (Å²) in [5.41, 5.74) is 8.01. The summed E-state index contributed by atoms with van der Waals surface area (Å²) in [6.45, 7) is 4.87. The van der Waals surface area contributed by atoms with Gasteiger partial charge >= 0.3 is 5.97 Å². The smallest absolute Gasteiger partial charge is 0.307 e. The molecule has 1 atom stereocenters. The predicted molar refractivity (Wildman–Crippen MR) is 143 cm³/mol. The molecule has 11 heteroatoms. The molecule has 0 aliphatic carbocycles. The van der Waals surface area contributed by atoms with E-state index in [0.29, 0.717) is 47.1 Å². The van der Waals surface area contributed by atoms with E-state index < -0.39 is 11.2 Å². The van der Waals surface area contributed by atoms with E-state index in [2.05, 4.69) is 4.98 Å². The SMILES string of the molecule is CCCN(CCC(=O)OCC)C(=O)c1ccc2c(c1)nc(C[S+]([O-])c1ccc(C(=N)N)cc1)n2C.Cl. The minimum Gasteiger partial charge on any atom is -0.611 e. The summed E-state index contributed by atoms with van der Waals surface area (Å²) < 4.78 is 19.8. The number of ether oxygens (including phenoxy) is 1. The van der Waals surface area contributed by atoms with Gasteiger partial charge in [0.05, 0.1) is 24.1 Å². The maximum Gasteiger partial charge on any atom is 0.307 e. The van der Waals surface area contributed by atoms with E-state index in [1.807, 2.05) is 24.6 Å². The zero-order chi connectivity index (χ0) is 25.5. The number of nitrogens with zero attached hydrogens (tertiary/aromatic N) is 3. The lowest BCUT2D eigenvalue weighted by Crippen LogP contribution is -2.34. The maximum atomic E-state index is 13.1. The van der Waals surface area contributed by atoms with E-state index in [4.69, 9.17) is 15.9 Å². The zero-order valence-electron chi connectivity index (χ0n) is 20.7. The van der Waals surface area contributed by atoms with E-state index in [0.717, 1.165) is 11.9 Å². The molecule has 3 N–H and O–H groups in total. The number of amidine groups is 1. The van der Waals surface area contributed by atoms with Crippen LogP contribution in [0.4, 0.5) is 0 Å². The van der Waals surface area contributed by atoms with Crippen molar-refractivity contribution < 1.29 is 18.9 Å². The number of nitrogens with two attached hydrogens (primary N) is 1. The quantitative estimate of drug-likeness (QED) is 0.168. The van der Waals surface area contributed by atoms with E-state index in [-0.39, 0.29) is 42.3 Å². The average molecular weight is 534 g/mol. The van der Waals surface area contributed by atoms with Gasteiger partial charge in [-0.05, 0) is 67.0 Å². The molecular weight excluding hydrogens is 502 g/mol. The first-order valence-corrected chi connectivity index (χ1v) is 12.8. The molecule has 1 aromatic heterocycles. The van der Waals surface area contributed by atoms with Gasteiger partial charge in [-0.2, -0.15) is 0 Å². The number of esters is 1. The van der Waals surface area contributed by atoms with Crippen LogP contribution < -0.4 is 5.73 Å². The molecule has 0 bridgehead atoms. The Labute approximate surface area is 220 Å². The molecule has 0 saturated heterocycles. The van der Waals surface area contributed by atoms with Gasteiger partial charge in [-0.1, -0.05) is 6.92 Å². The number of carbonyl (C=O) groups excluding carboxylic acids is 2. The van der Waals surface area contributed by atoms with Crippen LogP contribution in [0.25, 0.3) is 11.0 Å². The number of imidazole rings is 1. The molecule has 9 nitrogen and oxygen atoms in total. The lowest BCUT2D eigenvalue weighted by atomic mass is 10.1. The van der Waals surface area contributed by atoms with Crippen LogP contribution in [0, 0.1) is 5.41 Å². The monoisotopic (exact) mass is 533 g/mol.